The molecule has 1 aromatic rings. The molecular weight excluding hydrogens is 268 g/mol. The number of aromatic nitrogens is 1. The fourth-order valence-electron chi connectivity index (χ4n) is 2.67. The van der Waals surface area contributed by atoms with Gasteiger partial charge in [-0.25, -0.2) is 4.79 Å². The Balaban J connectivity index is 2.03. The first-order valence-electron chi connectivity index (χ1n) is 7.03. The highest BCUT2D eigenvalue weighted by atomic mass is 16.4. The van der Waals surface area contributed by atoms with Gasteiger partial charge in [0.1, 0.15) is 0 Å². The third-order valence-electron chi connectivity index (χ3n) is 3.74. The minimum atomic E-state index is -1.03. The van der Waals surface area contributed by atoms with Gasteiger partial charge in [-0.1, -0.05) is 13.8 Å². The molecule has 0 radical (unpaired) electrons. The third-order valence-corrected chi connectivity index (χ3v) is 3.74. The van der Waals surface area contributed by atoms with Crippen LogP contribution in [-0.4, -0.2) is 28.0 Å². The van der Waals surface area contributed by atoms with E-state index in [-0.39, 0.29) is 17.4 Å². The molecule has 2 rings (SSSR count). The Hall–Kier alpha value is -2.17. The van der Waals surface area contributed by atoms with Gasteiger partial charge >= 0.3 is 5.97 Å². The second-order valence-electron chi connectivity index (χ2n) is 6.26. The smallest absolute Gasteiger partial charge is 0.328 e. The lowest BCUT2D eigenvalue weighted by Gasteiger charge is -2.17. The molecule has 0 bridgehead atoms. The number of nitrogens with one attached hydrogen (secondary N) is 1. The van der Waals surface area contributed by atoms with Crippen molar-refractivity contribution in [2.75, 3.05) is 0 Å². The van der Waals surface area contributed by atoms with Crippen molar-refractivity contribution in [1.29, 1.82) is 0 Å². The fraction of sp³-hybridized carbons (Fsp3) is 0.438. The van der Waals surface area contributed by atoms with E-state index in [4.69, 9.17) is 5.11 Å². The van der Waals surface area contributed by atoms with Crippen LogP contribution in [0.1, 0.15) is 49.0 Å². The number of carboxylic acid groups (broad SMARTS) is 1. The van der Waals surface area contributed by atoms with Gasteiger partial charge in [0.05, 0.1) is 5.56 Å². The number of nitrogens with zero attached hydrogens (tertiary/aromatic N) is 1. The third kappa shape index (κ3) is 4.41. The Labute approximate surface area is 124 Å². The van der Waals surface area contributed by atoms with Gasteiger partial charge < -0.3 is 10.4 Å². The summed E-state index contributed by atoms with van der Waals surface area (Å²) in [4.78, 5) is 26.7. The number of amides is 1. The summed E-state index contributed by atoms with van der Waals surface area (Å²) >= 11 is 0. The zero-order valence-corrected chi connectivity index (χ0v) is 12.3. The van der Waals surface area contributed by atoms with E-state index in [0.717, 1.165) is 25.3 Å². The summed E-state index contributed by atoms with van der Waals surface area (Å²) in [6.45, 7) is 4.41. The molecule has 1 aliphatic carbocycles. The van der Waals surface area contributed by atoms with Gasteiger partial charge in [0.15, 0.2) is 0 Å². The SMILES string of the molecule is CC1(C)CCC(NC(=O)c2cncc(/C=C/C(=O)O)c2)C1. The molecule has 1 amide bonds. The molecule has 1 heterocycles. The fourth-order valence-corrected chi connectivity index (χ4v) is 2.67. The van der Waals surface area contributed by atoms with E-state index in [1.54, 1.807) is 6.07 Å². The molecule has 5 nitrogen and oxygen atoms in total. The molecule has 1 atom stereocenters. The van der Waals surface area contributed by atoms with Crippen molar-refractivity contribution in [3.63, 3.8) is 0 Å². The van der Waals surface area contributed by atoms with Crippen LogP contribution >= 0.6 is 0 Å². The van der Waals surface area contributed by atoms with Crippen LogP contribution in [-0.2, 0) is 4.79 Å². The maximum absolute atomic E-state index is 12.2. The highest BCUT2D eigenvalue weighted by Gasteiger charge is 2.31. The first-order chi connectivity index (χ1) is 9.85. The molecule has 2 N–H and O–H groups in total. The summed E-state index contributed by atoms with van der Waals surface area (Å²) in [6, 6.07) is 1.84. The topological polar surface area (TPSA) is 79.3 Å². The number of carbonyl (C=O) groups excluding carboxylic acids is 1. The molecule has 0 aromatic carbocycles. The van der Waals surface area contributed by atoms with E-state index in [9.17, 15) is 9.59 Å². The van der Waals surface area contributed by atoms with Gasteiger partial charge in [-0.3, -0.25) is 9.78 Å². The summed E-state index contributed by atoms with van der Waals surface area (Å²) in [5.41, 5.74) is 1.33. The van der Waals surface area contributed by atoms with E-state index in [1.807, 2.05) is 0 Å². The van der Waals surface area contributed by atoms with Crippen molar-refractivity contribution in [3.8, 4) is 0 Å². The van der Waals surface area contributed by atoms with Crippen molar-refractivity contribution >= 4 is 18.0 Å². The number of pyridine rings is 1. The lowest BCUT2D eigenvalue weighted by atomic mass is 9.92. The molecule has 112 valence electrons. The lowest BCUT2D eigenvalue weighted by Crippen LogP contribution is -2.33. The number of aliphatic carboxylic acids is 1. The van der Waals surface area contributed by atoms with Crippen molar-refractivity contribution in [2.45, 2.75) is 39.2 Å². The monoisotopic (exact) mass is 288 g/mol. The predicted octanol–water partition coefficient (Wildman–Crippen LogP) is 2.49. The van der Waals surface area contributed by atoms with E-state index in [0.29, 0.717) is 11.1 Å². The first-order valence-corrected chi connectivity index (χ1v) is 7.03. The molecule has 5 heteroatoms. The van der Waals surface area contributed by atoms with Crippen LogP contribution in [0.2, 0.25) is 0 Å². The number of hydrogen-bond donors (Lipinski definition) is 2. The molecule has 1 fully saturated rings. The summed E-state index contributed by atoms with van der Waals surface area (Å²) in [5, 5.41) is 11.6. The molecule has 0 saturated heterocycles. The second kappa shape index (κ2) is 6.08. The Morgan fingerprint density at radius 1 is 1.43 bits per heavy atom. The quantitative estimate of drug-likeness (QED) is 0.834. The average molecular weight is 288 g/mol. The van der Waals surface area contributed by atoms with Crippen LogP contribution in [0.15, 0.2) is 24.5 Å². The Bertz CT molecular complexity index is 579. The van der Waals surface area contributed by atoms with Gasteiger partial charge in [0, 0.05) is 24.5 Å². The van der Waals surface area contributed by atoms with Crippen LogP contribution < -0.4 is 5.32 Å². The van der Waals surface area contributed by atoms with Crippen LogP contribution in [0.3, 0.4) is 0 Å². The second-order valence-corrected chi connectivity index (χ2v) is 6.26. The van der Waals surface area contributed by atoms with E-state index < -0.39 is 5.97 Å². The van der Waals surface area contributed by atoms with Gasteiger partial charge in [-0.15, -0.1) is 0 Å². The molecule has 1 aromatic heterocycles. The van der Waals surface area contributed by atoms with Crippen molar-refractivity contribution in [2.24, 2.45) is 5.41 Å². The number of rotatable bonds is 4. The van der Waals surface area contributed by atoms with Crippen LogP contribution in [0, 0.1) is 5.41 Å². The van der Waals surface area contributed by atoms with Crippen LogP contribution in [0.5, 0.6) is 0 Å². The molecule has 1 aliphatic rings. The zero-order valence-electron chi connectivity index (χ0n) is 12.3. The van der Waals surface area contributed by atoms with Gasteiger partial charge in [-0.05, 0) is 42.4 Å². The average Bonchev–Trinajstić information content (AvgIpc) is 2.76. The maximum Gasteiger partial charge on any atom is 0.328 e. The van der Waals surface area contributed by atoms with Crippen molar-refractivity contribution in [3.05, 3.63) is 35.7 Å². The Morgan fingerprint density at radius 3 is 2.81 bits per heavy atom. The molecule has 1 unspecified atom stereocenters. The summed E-state index contributed by atoms with van der Waals surface area (Å²) in [5.74, 6) is -1.19. The van der Waals surface area contributed by atoms with Crippen LogP contribution in [0.4, 0.5) is 0 Å². The standard InChI is InChI=1S/C16H20N2O3/c1-16(2)6-5-13(8-16)18-15(21)12-7-11(9-17-10-12)3-4-14(19)20/h3-4,7,9-10,13H,5-6,8H2,1-2H3,(H,18,21)(H,19,20)/b4-3+. The minimum Gasteiger partial charge on any atom is -0.478 e. The van der Waals surface area contributed by atoms with Gasteiger partial charge in [0.2, 0.25) is 0 Å². The highest BCUT2D eigenvalue weighted by molar-refractivity contribution is 5.95. The molecule has 0 spiro atoms. The van der Waals surface area contributed by atoms with Gasteiger partial charge in [-0.2, -0.15) is 0 Å². The van der Waals surface area contributed by atoms with E-state index >= 15 is 0 Å². The van der Waals surface area contributed by atoms with Crippen molar-refractivity contribution < 1.29 is 14.7 Å². The largest absolute Gasteiger partial charge is 0.478 e. The maximum atomic E-state index is 12.2. The molecule has 1 saturated carbocycles. The summed E-state index contributed by atoms with van der Waals surface area (Å²) in [6.07, 6.45) is 8.54. The van der Waals surface area contributed by atoms with E-state index in [2.05, 4.69) is 24.1 Å². The minimum absolute atomic E-state index is 0.157. The molecular formula is C16H20N2O3. The first kappa shape index (κ1) is 15.2. The zero-order chi connectivity index (χ0) is 15.5. The van der Waals surface area contributed by atoms with Crippen molar-refractivity contribution in [1.82, 2.24) is 10.3 Å². The Morgan fingerprint density at radius 2 is 2.19 bits per heavy atom. The molecule has 0 aliphatic heterocycles. The van der Waals surface area contributed by atoms with Crippen LogP contribution in [0.25, 0.3) is 6.08 Å². The predicted molar refractivity (Wildman–Crippen MR) is 79.8 cm³/mol. The molecule has 21 heavy (non-hydrogen) atoms. The lowest BCUT2D eigenvalue weighted by molar-refractivity contribution is -0.131. The number of carbonyl (C=O) groups is 2. The Kier molecular flexibility index (Phi) is 4.40. The van der Waals surface area contributed by atoms with E-state index in [1.165, 1.54) is 18.5 Å². The summed E-state index contributed by atoms with van der Waals surface area (Å²) in [7, 11) is 0. The summed E-state index contributed by atoms with van der Waals surface area (Å²) < 4.78 is 0. The normalized spacial score (nSPS) is 20.6. The van der Waals surface area contributed by atoms with Gasteiger partial charge in [0.25, 0.3) is 5.91 Å². The number of carboxylic acids is 1. The highest BCUT2D eigenvalue weighted by Crippen LogP contribution is 2.36. The number of hydrogen-bond acceptors (Lipinski definition) is 3.